The standard InChI is InChI=1S/C52H31N3O2/c1-3-16-47-40(14-1)41-15-2-4-17-48(41)55(47)39-13-7-12-38(26-39)46-29-44-42-27-36(18-20-49(42)57-52(44)31-54-46)34-10-5-8-32(24-34)33-9-6-11-35(25-33)37-19-21-50-43(28-37)45-30-53-23-22-51(45)56-50/h1-31H. The fourth-order valence-corrected chi connectivity index (χ4v) is 8.58. The Morgan fingerprint density at radius 3 is 1.54 bits per heavy atom. The van der Waals surface area contributed by atoms with E-state index in [2.05, 4.69) is 173 Å². The maximum atomic E-state index is 6.33. The Labute approximate surface area is 326 Å². The summed E-state index contributed by atoms with van der Waals surface area (Å²) in [7, 11) is 0. The predicted octanol–water partition coefficient (Wildman–Crippen LogP) is 14.0. The normalized spacial score (nSPS) is 11.9. The molecule has 5 aromatic heterocycles. The van der Waals surface area contributed by atoms with Crippen LogP contribution in [-0.4, -0.2) is 14.5 Å². The minimum Gasteiger partial charge on any atom is -0.456 e. The van der Waals surface area contributed by atoms with Gasteiger partial charge in [-0.3, -0.25) is 9.97 Å². The highest BCUT2D eigenvalue weighted by Crippen LogP contribution is 2.38. The molecule has 0 saturated heterocycles. The summed E-state index contributed by atoms with van der Waals surface area (Å²) < 4.78 is 14.7. The third kappa shape index (κ3) is 5.10. The largest absolute Gasteiger partial charge is 0.456 e. The highest BCUT2D eigenvalue weighted by atomic mass is 16.3. The summed E-state index contributed by atoms with van der Waals surface area (Å²) in [6.45, 7) is 0. The number of aromatic nitrogens is 3. The second kappa shape index (κ2) is 12.4. The monoisotopic (exact) mass is 729 g/mol. The van der Waals surface area contributed by atoms with Gasteiger partial charge in [0.2, 0.25) is 0 Å². The molecule has 0 bridgehead atoms. The summed E-state index contributed by atoms with van der Waals surface area (Å²) in [5.74, 6) is 0. The Morgan fingerprint density at radius 1 is 0.351 bits per heavy atom. The number of hydrogen-bond donors (Lipinski definition) is 0. The molecular weight excluding hydrogens is 699 g/mol. The zero-order valence-corrected chi connectivity index (χ0v) is 30.6. The lowest BCUT2D eigenvalue weighted by atomic mass is 9.95. The second-order valence-corrected chi connectivity index (χ2v) is 14.6. The quantitative estimate of drug-likeness (QED) is 0.177. The maximum Gasteiger partial charge on any atom is 0.153 e. The molecule has 5 heteroatoms. The molecule has 0 amide bonds. The van der Waals surface area contributed by atoms with Gasteiger partial charge in [0.25, 0.3) is 0 Å². The molecule has 7 aromatic carbocycles. The van der Waals surface area contributed by atoms with Gasteiger partial charge in [-0.15, -0.1) is 0 Å². The third-order valence-electron chi connectivity index (χ3n) is 11.3. The van der Waals surface area contributed by atoms with Crippen molar-refractivity contribution >= 4 is 65.7 Å². The molecule has 0 aliphatic heterocycles. The van der Waals surface area contributed by atoms with Gasteiger partial charge in [-0.25, -0.2) is 0 Å². The van der Waals surface area contributed by atoms with Crippen molar-refractivity contribution < 1.29 is 8.83 Å². The van der Waals surface area contributed by atoms with Crippen LogP contribution in [-0.2, 0) is 0 Å². The van der Waals surface area contributed by atoms with Crippen LogP contribution in [0.2, 0.25) is 0 Å². The molecule has 0 radical (unpaired) electrons. The lowest BCUT2D eigenvalue weighted by Crippen LogP contribution is -1.94. The van der Waals surface area contributed by atoms with Crippen LogP contribution in [0.5, 0.6) is 0 Å². The summed E-state index contributed by atoms with van der Waals surface area (Å²) in [6, 6.07) is 60.3. The first-order valence-corrected chi connectivity index (χ1v) is 19.1. The van der Waals surface area contributed by atoms with E-state index in [9.17, 15) is 0 Å². The van der Waals surface area contributed by atoms with E-state index in [1.165, 1.54) is 21.8 Å². The molecule has 12 aromatic rings. The van der Waals surface area contributed by atoms with Gasteiger partial charge in [0.1, 0.15) is 16.7 Å². The van der Waals surface area contributed by atoms with Crippen molar-refractivity contribution in [3.63, 3.8) is 0 Å². The van der Waals surface area contributed by atoms with Crippen LogP contribution in [0.25, 0.3) is 116 Å². The maximum absolute atomic E-state index is 6.33. The zero-order chi connectivity index (χ0) is 37.5. The average molecular weight is 730 g/mol. The number of fused-ring (bicyclic) bond motifs is 9. The number of benzene rings is 7. The fourth-order valence-electron chi connectivity index (χ4n) is 8.58. The van der Waals surface area contributed by atoms with Crippen LogP contribution >= 0.6 is 0 Å². The Hall–Kier alpha value is -7.76. The van der Waals surface area contributed by atoms with Crippen molar-refractivity contribution in [3.05, 3.63) is 188 Å². The van der Waals surface area contributed by atoms with E-state index < -0.39 is 0 Å². The number of hydrogen-bond acceptors (Lipinski definition) is 4. The first-order valence-electron chi connectivity index (χ1n) is 19.1. The lowest BCUT2D eigenvalue weighted by molar-refractivity contribution is 0.667. The Balaban J connectivity index is 0.902. The first-order chi connectivity index (χ1) is 28.2. The second-order valence-electron chi connectivity index (χ2n) is 14.6. The van der Waals surface area contributed by atoms with Crippen molar-refractivity contribution in [2.45, 2.75) is 0 Å². The van der Waals surface area contributed by atoms with Gasteiger partial charge in [0.15, 0.2) is 5.58 Å². The van der Waals surface area contributed by atoms with Crippen molar-refractivity contribution in [3.8, 4) is 50.3 Å². The van der Waals surface area contributed by atoms with Crippen molar-refractivity contribution in [1.29, 1.82) is 0 Å². The van der Waals surface area contributed by atoms with Crippen LogP contribution in [0, 0.1) is 0 Å². The molecule has 0 unspecified atom stereocenters. The minimum atomic E-state index is 0.771. The topological polar surface area (TPSA) is 57.0 Å². The van der Waals surface area contributed by atoms with E-state index in [4.69, 9.17) is 13.8 Å². The van der Waals surface area contributed by atoms with Crippen LogP contribution in [0.15, 0.2) is 197 Å². The summed E-state index contributed by atoms with van der Waals surface area (Å²) in [5.41, 5.74) is 15.6. The van der Waals surface area contributed by atoms with E-state index in [-0.39, 0.29) is 0 Å². The Morgan fingerprint density at radius 2 is 0.877 bits per heavy atom. The van der Waals surface area contributed by atoms with Crippen LogP contribution in [0.4, 0.5) is 0 Å². The van der Waals surface area contributed by atoms with E-state index in [0.29, 0.717) is 0 Å². The molecule has 12 rings (SSSR count). The fraction of sp³-hybridized carbons (Fsp3) is 0. The van der Waals surface area contributed by atoms with Gasteiger partial charge in [-0.05, 0) is 106 Å². The van der Waals surface area contributed by atoms with Gasteiger partial charge in [-0.1, -0.05) is 97.1 Å². The van der Waals surface area contributed by atoms with Crippen molar-refractivity contribution in [1.82, 2.24) is 14.5 Å². The van der Waals surface area contributed by atoms with Gasteiger partial charge >= 0.3 is 0 Å². The van der Waals surface area contributed by atoms with Crippen molar-refractivity contribution in [2.75, 3.05) is 0 Å². The molecule has 0 saturated carbocycles. The molecule has 0 fully saturated rings. The van der Waals surface area contributed by atoms with E-state index >= 15 is 0 Å². The van der Waals surface area contributed by atoms with Gasteiger partial charge in [0, 0.05) is 56.0 Å². The highest BCUT2D eigenvalue weighted by Gasteiger charge is 2.15. The number of pyridine rings is 2. The summed E-state index contributed by atoms with van der Waals surface area (Å²) in [6.07, 6.45) is 5.49. The smallest absolute Gasteiger partial charge is 0.153 e. The van der Waals surface area contributed by atoms with Gasteiger partial charge in [0.05, 0.1) is 22.9 Å². The number of para-hydroxylation sites is 2. The first kappa shape index (κ1) is 31.6. The number of rotatable bonds is 5. The molecular formula is C52H31N3O2. The molecule has 5 heterocycles. The predicted molar refractivity (Wildman–Crippen MR) is 233 cm³/mol. The summed E-state index contributed by atoms with van der Waals surface area (Å²) >= 11 is 0. The van der Waals surface area contributed by atoms with E-state index in [0.717, 1.165) is 94.2 Å². The molecule has 0 N–H and O–H groups in total. The van der Waals surface area contributed by atoms with E-state index in [1.807, 2.05) is 18.5 Å². The van der Waals surface area contributed by atoms with Crippen LogP contribution < -0.4 is 0 Å². The summed E-state index contributed by atoms with van der Waals surface area (Å²) in [5, 5.41) is 6.69. The Kier molecular flexibility index (Phi) is 6.86. The average Bonchev–Trinajstić information content (AvgIpc) is 3.95. The lowest BCUT2D eigenvalue weighted by Gasteiger charge is -2.10. The third-order valence-corrected chi connectivity index (χ3v) is 11.3. The minimum absolute atomic E-state index is 0.771. The molecule has 57 heavy (non-hydrogen) atoms. The number of furan rings is 2. The highest BCUT2D eigenvalue weighted by molar-refractivity contribution is 6.10. The molecule has 0 aliphatic rings. The summed E-state index contributed by atoms with van der Waals surface area (Å²) in [4.78, 5) is 9.22. The SMILES string of the molecule is c1cc(-c2cccc(-c3ccc4oc5cnc(-c6cccc(-n7c8ccccc8c8ccccc87)c6)cc5c4c3)c2)cc(-c2ccc3oc4ccncc4c3c2)c1. The van der Waals surface area contributed by atoms with E-state index in [1.54, 1.807) is 6.20 Å². The van der Waals surface area contributed by atoms with Crippen molar-refractivity contribution in [2.24, 2.45) is 0 Å². The zero-order valence-electron chi connectivity index (χ0n) is 30.6. The van der Waals surface area contributed by atoms with Crippen LogP contribution in [0.1, 0.15) is 0 Å². The van der Waals surface area contributed by atoms with Crippen LogP contribution in [0.3, 0.4) is 0 Å². The molecule has 0 atom stereocenters. The molecule has 0 spiro atoms. The van der Waals surface area contributed by atoms with Gasteiger partial charge in [-0.2, -0.15) is 0 Å². The van der Waals surface area contributed by atoms with Gasteiger partial charge < -0.3 is 13.4 Å². The molecule has 0 aliphatic carbocycles. The molecule has 266 valence electrons. The molecule has 5 nitrogen and oxygen atoms in total. The Bertz CT molecular complexity index is 3500. The number of nitrogens with zero attached hydrogens (tertiary/aromatic N) is 3.